The first kappa shape index (κ1) is 39.7. The third kappa shape index (κ3) is 11.0. The Kier molecular flexibility index (Phi) is 13.6. The average molecular weight is 794 g/mol. The molecule has 0 fully saturated rings. The monoisotopic (exact) mass is 792 g/mol. The summed E-state index contributed by atoms with van der Waals surface area (Å²) < 4.78 is 35.3. The van der Waals surface area contributed by atoms with E-state index in [4.69, 9.17) is 28.4 Å². The van der Waals surface area contributed by atoms with Crippen LogP contribution in [-0.4, -0.2) is 32.3 Å². The molecule has 0 saturated carbocycles. The Bertz CT molecular complexity index is 2070. The van der Waals surface area contributed by atoms with Gasteiger partial charge in [-0.3, -0.25) is 4.79 Å². The highest BCUT2D eigenvalue weighted by Crippen LogP contribution is 2.33. The highest BCUT2D eigenvalue weighted by Gasteiger charge is 2.30. The normalized spacial score (nSPS) is 11.2. The topological polar surface area (TPSA) is 89.5 Å². The Morgan fingerprint density at radius 1 is 0.685 bits per heavy atom. The van der Waals surface area contributed by atoms with Gasteiger partial charge in [0, 0.05) is 10.5 Å². The van der Waals surface area contributed by atoms with Crippen LogP contribution >= 0.6 is 15.9 Å². The summed E-state index contributed by atoms with van der Waals surface area (Å²) in [4.78, 5) is 25.8. The number of benzene rings is 5. The molecule has 0 amide bonds. The van der Waals surface area contributed by atoms with Crippen LogP contribution in [0.4, 0.5) is 0 Å². The maximum atomic E-state index is 13.2. The van der Waals surface area contributed by atoms with Gasteiger partial charge in [0.25, 0.3) is 0 Å². The summed E-state index contributed by atoms with van der Waals surface area (Å²) in [6.45, 7) is 10.8. The lowest BCUT2D eigenvalue weighted by atomic mass is 9.88. The van der Waals surface area contributed by atoms with Crippen molar-refractivity contribution < 1.29 is 38.0 Å². The smallest absolute Gasteiger partial charge is 0.336 e. The predicted octanol–water partition coefficient (Wildman–Crippen LogP) is 11.3. The zero-order valence-corrected chi connectivity index (χ0v) is 33.0. The van der Waals surface area contributed by atoms with Crippen LogP contribution in [0.25, 0.3) is 17.2 Å². The molecule has 5 rings (SSSR count). The van der Waals surface area contributed by atoms with Gasteiger partial charge < -0.3 is 28.4 Å². The van der Waals surface area contributed by atoms with Crippen LogP contribution < -0.4 is 28.4 Å². The largest absolute Gasteiger partial charge is 0.494 e. The summed E-state index contributed by atoms with van der Waals surface area (Å²) in [5.74, 6) is 3.05. The van der Waals surface area contributed by atoms with E-state index in [9.17, 15) is 9.59 Å². The van der Waals surface area contributed by atoms with E-state index < -0.39 is 11.4 Å². The van der Waals surface area contributed by atoms with Crippen molar-refractivity contribution in [3.63, 3.8) is 0 Å². The van der Waals surface area contributed by atoms with Crippen LogP contribution in [0.15, 0.2) is 114 Å². The van der Waals surface area contributed by atoms with Gasteiger partial charge in [-0.2, -0.15) is 0 Å². The van der Waals surface area contributed by atoms with Gasteiger partial charge in [0.05, 0.1) is 25.7 Å². The molecule has 0 atom stereocenters. The van der Waals surface area contributed by atoms with Gasteiger partial charge in [0.15, 0.2) is 11.5 Å². The lowest BCUT2D eigenvalue weighted by Gasteiger charge is -2.23. The molecule has 8 nitrogen and oxygen atoms in total. The van der Waals surface area contributed by atoms with E-state index in [2.05, 4.69) is 15.9 Å². The average Bonchev–Trinajstić information content (AvgIpc) is 3.16. The van der Waals surface area contributed by atoms with Crippen LogP contribution in [0.1, 0.15) is 50.3 Å². The fourth-order valence-electron chi connectivity index (χ4n) is 5.47. The fraction of sp³-hybridized carbons (Fsp3) is 0.244. The second-order valence-corrected chi connectivity index (χ2v) is 14.2. The second kappa shape index (κ2) is 18.5. The molecule has 0 unspecified atom stereocenters. The Morgan fingerprint density at radius 3 is 1.93 bits per heavy atom. The van der Waals surface area contributed by atoms with Gasteiger partial charge in [0.2, 0.25) is 0 Å². The molecule has 0 aliphatic rings. The van der Waals surface area contributed by atoms with E-state index in [1.165, 1.54) is 13.2 Å². The highest BCUT2D eigenvalue weighted by molar-refractivity contribution is 9.10. The van der Waals surface area contributed by atoms with Crippen molar-refractivity contribution in [2.45, 2.75) is 47.5 Å². The first-order chi connectivity index (χ1) is 25.9. The number of hydrogen-bond acceptors (Lipinski definition) is 8. The molecule has 0 bridgehead atoms. The van der Waals surface area contributed by atoms with Gasteiger partial charge in [0.1, 0.15) is 28.7 Å². The molecule has 0 saturated heterocycles. The van der Waals surface area contributed by atoms with Gasteiger partial charge in [-0.15, -0.1) is 0 Å². The molecule has 9 heteroatoms. The van der Waals surface area contributed by atoms with E-state index in [0.717, 1.165) is 38.2 Å². The van der Waals surface area contributed by atoms with Crippen molar-refractivity contribution in [1.82, 2.24) is 0 Å². The van der Waals surface area contributed by atoms with Crippen molar-refractivity contribution in [2.75, 3.05) is 20.3 Å². The highest BCUT2D eigenvalue weighted by atomic mass is 79.9. The molecule has 0 N–H and O–H groups in total. The fourth-order valence-corrected chi connectivity index (χ4v) is 5.93. The summed E-state index contributed by atoms with van der Waals surface area (Å²) >= 11 is 3.54. The van der Waals surface area contributed by atoms with E-state index in [1.807, 2.05) is 95.3 Å². The minimum absolute atomic E-state index is 0.290. The third-order valence-electron chi connectivity index (χ3n) is 8.65. The Labute approximate surface area is 325 Å². The Morgan fingerprint density at radius 2 is 1.30 bits per heavy atom. The number of carbonyl (C=O) groups excluding carboxylic acids is 2. The quantitative estimate of drug-likeness (QED) is 0.0422. The summed E-state index contributed by atoms with van der Waals surface area (Å²) in [6.07, 6.45) is 4.16. The zero-order valence-electron chi connectivity index (χ0n) is 31.4. The maximum Gasteiger partial charge on any atom is 0.336 e. The van der Waals surface area contributed by atoms with Crippen molar-refractivity contribution >= 4 is 33.9 Å². The number of aryl methyl sites for hydroxylation is 2. The molecule has 0 spiro atoms. The maximum absolute atomic E-state index is 13.2. The third-order valence-corrected chi connectivity index (χ3v) is 9.50. The molecule has 0 aromatic heterocycles. The standard InChI is InChI=1S/C45H45BrO8/c1-7-50-35-15-11-33(12-16-35)34-13-17-36(18-14-34)52-37-19-21-38(22-20-37)53-43(47)24-10-32-9-23-40(42(29-32)49-6)54-44(48)45(4,5)25-8-26-51-41-28-30(2)39(46)27-31(41)3/h9-24,27-29H,7-8,25-26H2,1-6H3. The van der Waals surface area contributed by atoms with Gasteiger partial charge in [-0.25, -0.2) is 4.79 Å². The summed E-state index contributed by atoms with van der Waals surface area (Å²) in [5, 5.41) is 0. The van der Waals surface area contributed by atoms with Gasteiger partial charge >= 0.3 is 11.9 Å². The van der Waals surface area contributed by atoms with Crippen LogP contribution in [0, 0.1) is 19.3 Å². The van der Waals surface area contributed by atoms with Crippen LogP contribution in [0.2, 0.25) is 0 Å². The molecular formula is C45H45BrO8. The number of carbonyl (C=O) groups is 2. The van der Waals surface area contributed by atoms with Gasteiger partial charge in [-0.1, -0.05) is 46.3 Å². The Balaban J connectivity index is 1.09. The minimum Gasteiger partial charge on any atom is -0.494 e. The molecule has 280 valence electrons. The van der Waals surface area contributed by atoms with E-state index >= 15 is 0 Å². The summed E-state index contributed by atoms with van der Waals surface area (Å²) in [5.41, 5.74) is 4.20. The summed E-state index contributed by atoms with van der Waals surface area (Å²) in [7, 11) is 1.49. The SMILES string of the molecule is CCOc1ccc(-c2ccc(Oc3ccc(OC(=O)C=Cc4ccc(OC(=O)C(C)(C)CCCOc5cc(C)c(Br)cc5C)c(OC)c4)cc3)cc2)cc1. The second-order valence-electron chi connectivity index (χ2n) is 13.3. The Hall–Kier alpha value is -5.54. The van der Waals surface area contributed by atoms with Gasteiger partial charge in [-0.05, 0) is 154 Å². The molecule has 5 aromatic carbocycles. The van der Waals surface area contributed by atoms with E-state index in [1.54, 1.807) is 48.5 Å². The number of rotatable bonds is 16. The number of esters is 2. The van der Waals surface area contributed by atoms with Crippen LogP contribution in [0.3, 0.4) is 0 Å². The van der Waals surface area contributed by atoms with Crippen molar-refractivity contribution in [2.24, 2.45) is 5.41 Å². The number of halogens is 1. The lowest BCUT2D eigenvalue weighted by Crippen LogP contribution is -2.29. The summed E-state index contributed by atoms with van der Waals surface area (Å²) in [6, 6.07) is 31.7. The van der Waals surface area contributed by atoms with Crippen LogP contribution in [0.5, 0.6) is 40.2 Å². The van der Waals surface area contributed by atoms with Crippen LogP contribution in [-0.2, 0) is 9.59 Å². The van der Waals surface area contributed by atoms with Crippen molar-refractivity contribution in [3.05, 3.63) is 130 Å². The van der Waals surface area contributed by atoms with Crippen molar-refractivity contribution in [3.8, 4) is 51.4 Å². The molecular weight excluding hydrogens is 748 g/mol. The molecule has 0 aliphatic carbocycles. The molecule has 0 aliphatic heterocycles. The molecule has 54 heavy (non-hydrogen) atoms. The molecule has 0 radical (unpaired) electrons. The molecule has 0 heterocycles. The first-order valence-corrected chi connectivity index (χ1v) is 18.5. The number of ether oxygens (including phenoxy) is 6. The number of methoxy groups -OCH3 is 1. The van der Waals surface area contributed by atoms with Crippen molar-refractivity contribution in [1.29, 1.82) is 0 Å². The van der Waals surface area contributed by atoms with E-state index in [0.29, 0.717) is 60.4 Å². The lowest BCUT2D eigenvalue weighted by molar-refractivity contribution is -0.144. The number of hydrogen-bond donors (Lipinski definition) is 0. The first-order valence-electron chi connectivity index (χ1n) is 17.7. The van der Waals surface area contributed by atoms with E-state index in [-0.39, 0.29) is 5.97 Å². The predicted molar refractivity (Wildman–Crippen MR) is 215 cm³/mol. The zero-order chi connectivity index (χ0) is 38.7. The minimum atomic E-state index is -0.755. The molecule has 5 aromatic rings.